The van der Waals surface area contributed by atoms with Crippen molar-refractivity contribution in [1.29, 1.82) is 0 Å². The zero-order valence-electron chi connectivity index (χ0n) is 13.2. The van der Waals surface area contributed by atoms with Gasteiger partial charge in [-0.2, -0.15) is 0 Å². The molecule has 5 nitrogen and oxygen atoms in total. The second kappa shape index (κ2) is 6.21. The first-order chi connectivity index (χ1) is 9.53. The number of rotatable bonds is 6. The van der Waals surface area contributed by atoms with Crippen LogP contribution in [0.5, 0.6) is 11.5 Å². The van der Waals surface area contributed by atoms with E-state index in [1.54, 1.807) is 27.7 Å². The molecule has 118 valence electrons. The minimum atomic E-state index is -1.55. The number of hydrogen-bond donors (Lipinski definition) is 2. The average molecular weight is 300 g/mol. The Labute approximate surface area is 124 Å². The molecule has 0 aliphatic heterocycles. The molecule has 0 radical (unpaired) electrons. The minimum absolute atomic E-state index is 0.0926. The Bertz CT molecular complexity index is 499. The standard InChI is InChI=1S/C14H22BFO5/c1-13(2,17)14(3,4)21-15(18)9-7-11(19-5)12(20-6)8-10(9)16/h7-8,17-18H,1-6H3. The van der Waals surface area contributed by atoms with Gasteiger partial charge in [-0.25, -0.2) is 4.39 Å². The van der Waals surface area contributed by atoms with Gasteiger partial charge < -0.3 is 24.3 Å². The maximum Gasteiger partial charge on any atom is 0.494 e. The number of aliphatic hydroxyl groups is 1. The highest BCUT2D eigenvalue weighted by Gasteiger charge is 2.40. The van der Waals surface area contributed by atoms with Crippen LogP contribution < -0.4 is 14.9 Å². The van der Waals surface area contributed by atoms with E-state index in [0.717, 1.165) is 6.07 Å². The fraction of sp³-hybridized carbons (Fsp3) is 0.571. The van der Waals surface area contributed by atoms with Crippen LogP contribution in [0.25, 0.3) is 0 Å². The molecule has 21 heavy (non-hydrogen) atoms. The molecule has 0 unspecified atom stereocenters. The minimum Gasteiger partial charge on any atom is -0.493 e. The number of ether oxygens (including phenoxy) is 2. The highest BCUT2D eigenvalue weighted by Crippen LogP contribution is 2.28. The fourth-order valence-electron chi connectivity index (χ4n) is 1.55. The summed E-state index contributed by atoms with van der Waals surface area (Å²) >= 11 is 0. The van der Waals surface area contributed by atoms with Gasteiger partial charge in [-0.3, -0.25) is 0 Å². The molecule has 0 aromatic heterocycles. The van der Waals surface area contributed by atoms with Gasteiger partial charge in [0.25, 0.3) is 0 Å². The quantitative estimate of drug-likeness (QED) is 0.770. The lowest BCUT2D eigenvalue weighted by Crippen LogP contribution is -2.53. The molecule has 0 saturated carbocycles. The van der Waals surface area contributed by atoms with Crippen LogP contribution in [0, 0.1) is 5.82 Å². The van der Waals surface area contributed by atoms with Crippen LogP contribution in [-0.4, -0.2) is 42.7 Å². The van der Waals surface area contributed by atoms with Crippen molar-refractivity contribution in [2.45, 2.75) is 38.9 Å². The average Bonchev–Trinajstić information content (AvgIpc) is 2.36. The monoisotopic (exact) mass is 300 g/mol. The summed E-state index contributed by atoms with van der Waals surface area (Å²) in [5.74, 6) is -0.197. The molecular formula is C14H22BFO5. The molecule has 0 spiro atoms. The Morgan fingerprint density at radius 1 is 1.05 bits per heavy atom. The van der Waals surface area contributed by atoms with Crippen LogP contribution in [0.1, 0.15) is 27.7 Å². The van der Waals surface area contributed by atoms with Crippen molar-refractivity contribution in [2.75, 3.05) is 14.2 Å². The predicted molar refractivity (Wildman–Crippen MR) is 78.6 cm³/mol. The Morgan fingerprint density at radius 3 is 1.95 bits per heavy atom. The molecule has 2 N–H and O–H groups in total. The predicted octanol–water partition coefficient (Wildman–Crippen LogP) is 1.10. The third-order valence-electron chi connectivity index (χ3n) is 3.65. The first-order valence-electron chi connectivity index (χ1n) is 6.53. The van der Waals surface area contributed by atoms with Gasteiger partial charge in [0.2, 0.25) is 0 Å². The lowest BCUT2D eigenvalue weighted by Gasteiger charge is -2.38. The van der Waals surface area contributed by atoms with E-state index in [4.69, 9.17) is 14.1 Å². The van der Waals surface area contributed by atoms with Gasteiger partial charge in [0.1, 0.15) is 5.82 Å². The first kappa shape index (κ1) is 17.7. The van der Waals surface area contributed by atoms with Gasteiger partial charge in [0.05, 0.1) is 25.4 Å². The Morgan fingerprint density at radius 2 is 1.52 bits per heavy atom. The Kier molecular flexibility index (Phi) is 5.25. The zero-order chi connectivity index (χ0) is 16.4. The topological polar surface area (TPSA) is 68.2 Å². The lowest BCUT2D eigenvalue weighted by atomic mass is 9.76. The summed E-state index contributed by atoms with van der Waals surface area (Å²) in [5.41, 5.74) is -2.41. The Hall–Kier alpha value is -1.31. The number of benzene rings is 1. The van der Waals surface area contributed by atoms with Crippen LogP contribution in [0.15, 0.2) is 12.1 Å². The summed E-state index contributed by atoms with van der Waals surface area (Å²) in [7, 11) is 1.25. The second-order valence-corrected chi connectivity index (χ2v) is 5.77. The third-order valence-corrected chi connectivity index (χ3v) is 3.65. The molecule has 0 atom stereocenters. The molecule has 0 saturated heterocycles. The van der Waals surface area contributed by atoms with Crippen LogP contribution in [0.4, 0.5) is 4.39 Å². The summed E-state index contributed by atoms with van der Waals surface area (Å²) in [4.78, 5) is 0. The third kappa shape index (κ3) is 3.87. The lowest BCUT2D eigenvalue weighted by molar-refractivity contribution is -0.0983. The van der Waals surface area contributed by atoms with E-state index < -0.39 is 24.1 Å². The van der Waals surface area contributed by atoms with Gasteiger partial charge in [-0.1, -0.05) is 0 Å². The van der Waals surface area contributed by atoms with Crippen LogP contribution in [-0.2, 0) is 4.65 Å². The van der Waals surface area contributed by atoms with Gasteiger partial charge >= 0.3 is 7.12 Å². The van der Waals surface area contributed by atoms with E-state index >= 15 is 0 Å². The van der Waals surface area contributed by atoms with Gasteiger partial charge in [0.15, 0.2) is 11.5 Å². The maximum atomic E-state index is 14.0. The van der Waals surface area contributed by atoms with Gasteiger partial charge in [0, 0.05) is 11.5 Å². The largest absolute Gasteiger partial charge is 0.494 e. The molecule has 0 bridgehead atoms. The maximum absolute atomic E-state index is 14.0. The molecular weight excluding hydrogens is 278 g/mol. The zero-order valence-corrected chi connectivity index (χ0v) is 13.2. The van der Waals surface area contributed by atoms with Gasteiger partial charge in [-0.05, 0) is 33.8 Å². The highest BCUT2D eigenvalue weighted by atomic mass is 19.1. The van der Waals surface area contributed by atoms with E-state index in [9.17, 15) is 14.5 Å². The summed E-state index contributed by atoms with van der Waals surface area (Å²) in [6, 6.07) is 2.41. The van der Waals surface area contributed by atoms with E-state index in [0.29, 0.717) is 0 Å². The van der Waals surface area contributed by atoms with E-state index in [1.165, 1.54) is 20.3 Å². The number of halogens is 1. The molecule has 1 aromatic rings. The Balaban J connectivity index is 3.11. The van der Waals surface area contributed by atoms with Crippen LogP contribution >= 0.6 is 0 Å². The normalized spacial score (nSPS) is 12.2. The molecule has 0 amide bonds. The van der Waals surface area contributed by atoms with E-state index in [-0.39, 0.29) is 17.0 Å². The number of methoxy groups -OCH3 is 2. The van der Waals surface area contributed by atoms with Crippen molar-refractivity contribution in [1.82, 2.24) is 0 Å². The van der Waals surface area contributed by atoms with Crippen LogP contribution in [0.3, 0.4) is 0 Å². The van der Waals surface area contributed by atoms with Crippen molar-refractivity contribution < 1.29 is 28.6 Å². The van der Waals surface area contributed by atoms with Crippen molar-refractivity contribution in [3.05, 3.63) is 17.9 Å². The van der Waals surface area contributed by atoms with Crippen molar-refractivity contribution in [3.8, 4) is 11.5 Å². The molecule has 1 aromatic carbocycles. The van der Waals surface area contributed by atoms with Gasteiger partial charge in [-0.15, -0.1) is 0 Å². The first-order valence-corrected chi connectivity index (χ1v) is 6.53. The molecule has 0 aliphatic carbocycles. The van der Waals surface area contributed by atoms with Crippen molar-refractivity contribution in [2.24, 2.45) is 0 Å². The van der Waals surface area contributed by atoms with Crippen molar-refractivity contribution in [3.63, 3.8) is 0 Å². The molecule has 0 aliphatic rings. The second-order valence-electron chi connectivity index (χ2n) is 5.77. The molecule has 7 heteroatoms. The molecule has 0 heterocycles. The number of hydrogen-bond acceptors (Lipinski definition) is 5. The summed E-state index contributed by atoms with van der Waals surface area (Å²) < 4.78 is 29.5. The van der Waals surface area contributed by atoms with E-state index in [1.807, 2.05) is 0 Å². The fourth-order valence-corrected chi connectivity index (χ4v) is 1.55. The van der Waals surface area contributed by atoms with Crippen LogP contribution in [0.2, 0.25) is 0 Å². The summed E-state index contributed by atoms with van der Waals surface area (Å²) in [6.45, 7) is 6.30. The summed E-state index contributed by atoms with van der Waals surface area (Å²) in [5, 5.41) is 20.1. The molecule has 1 rings (SSSR count). The molecule has 0 fully saturated rings. The van der Waals surface area contributed by atoms with Crippen molar-refractivity contribution >= 4 is 12.6 Å². The summed E-state index contributed by atoms with van der Waals surface area (Å²) in [6.07, 6.45) is 0. The highest BCUT2D eigenvalue weighted by molar-refractivity contribution is 6.60. The SMILES string of the molecule is COc1cc(F)c(B(O)OC(C)(C)C(C)(C)O)cc1OC. The smallest absolute Gasteiger partial charge is 0.493 e. The van der Waals surface area contributed by atoms with E-state index in [2.05, 4.69) is 0 Å².